The first-order valence-corrected chi connectivity index (χ1v) is 5.42. The molecule has 2 aliphatic heterocycles. The van der Waals surface area contributed by atoms with E-state index >= 15 is 0 Å². The molecule has 1 N–H and O–H groups in total. The van der Waals surface area contributed by atoms with Crippen molar-refractivity contribution in [3.63, 3.8) is 0 Å². The molecular formula is C13H11NO3. The maximum absolute atomic E-state index is 12.2. The van der Waals surface area contributed by atoms with E-state index in [4.69, 9.17) is 4.74 Å². The molecule has 2 aliphatic rings. The quantitative estimate of drug-likeness (QED) is 0.447. The fourth-order valence-corrected chi connectivity index (χ4v) is 2.65. The average molecular weight is 229 g/mol. The van der Waals surface area contributed by atoms with E-state index in [0.29, 0.717) is 11.3 Å². The van der Waals surface area contributed by atoms with Gasteiger partial charge in [0.05, 0.1) is 6.61 Å². The van der Waals surface area contributed by atoms with Crippen LogP contribution in [-0.2, 0) is 19.7 Å². The van der Waals surface area contributed by atoms with Gasteiger partial charge in [0.15, 0.2) is 5.41 Å². The molecule has 0 bridgehead atoms. The molecule has 0 saturated carbocycles. The Hall–Kier alpha value is -2.10. The van der Waals surface area contributed by atoms with Crippen LogP contribution < -0.4 is 5.32 Å². The van der Waals surface area contributed by atoms with Crippen molar-refractivity contribution >= 4 is 17.6 Å². The third-order valence-electron chi connectivity index (χ3n) is 3.51. The maximum atomic E-state index is 12.2. The fraction of sp³-hybridized carbons (Fsp3) is 0.231. The van der Waals surface area contributed by atoms with E-state index in [1.807, 2.05) is 12.1 Å². The van der Waals surface area contributed by atoms with Gasteiger partial charge in [-0.1, -0.05) is 24.3 Å². The van der Waals surface area contributed by atoms with Crippen molar-refractivity contribution in [1.82, 2.24) is 0 Å². The SMILES string of the molecule is C=C[C@@H]1COC(=O)[C@@]12C(=O)Nc1ccccc12. The predicted octanol–water partition coefficient (Wildman–Crippen LogP) is 1.24. The van der Waals surface area contributed by atoms with Crippen LogP contribution in [-0.4, -0.2) is 18.5 Å². The first-order chi connectivity index (χ1) is 8.21. The minimum absolute atomic E-state index is 0.212. The summed E-state index contributed by atoms with van der Waals surface area (Å²) in [5.41, 5.74) is 0.152. The van der Waals surface area contributed by atoms with Crippen LogP contribution in [0.5, 0.6) is 0 Å². The number of carbonyl (C=O) groups excluding carboxylic acids is 2. The van der Waals surface area contributed by atoms with Crippen molar-refractivity contribution in [1.29, 1.82) is 0 Å². The Morgan fingerprint density at radius 1 is 1.41 bits per heavy atom. The highest BCUT2D eigenvalue weighted by Crippen LogP contribution is 2.47. The van der Waals surface area contributed by atoms with Gasteiger partial charge in [0.25, 0.3) is 0 Å². The van der Waals surface area contributed by atoms with Crippen molar-refractivity contribution < 1.29 is 14.3 Å². The van der Waals surface area contributed by atoms with Crippen molar-refractivity contribution in [3.8, 4) is 0 Å². The fourth-order valence-electron chi connectivity index (χ4n) is 2.65. The van der Waals surface area contributed by atoms with E-state index in [1.54, 1.807) is 18.2 Å². The summed E-state index contributed by atoms with van der Waals surface area (Å²) in [6, 6.07) is 7.21. The van der Waals surface area contributed by atoms with Gasteiger partial charge in [-0.15, -0.1) is 6.58 Å². The van der Waals surface area contributed by atoms with Crippen LogP contribution >= 0.6 is 0 Å². The maximum Gasteiger partial charge on any atom is 0.327 e. The zero-order valence-electron chi connectivity index (χ0n) is 9.10. The Bertz CT molecular complexity index is 537. The monoisotopic (exact) mass is 229 g/mol. The number of rotatable bonds is 1. The van der Waals surface area contributed by atoms with Crippen LogP contribution in [0.4, 0.5) is 5.69 Å². The van der Waals surface area contributed by atoms with E-state index < -0.39 is 11.4 Å². The molecule has 0 radical (unpaired) electrons. The Morgan fingerprint density at radius 2 is 2.18 bits per heavy atom. The molecule has 1 saturated heterocycles. The number of para-hydroxylation sites is 1. The number of esters is 1. The molecule has 1 aromatic rings. The van der Waals surface area contributed by atoms with E-state index in [0.717, 1.165) is 0 Å². The lowest BCUT2D eigenvalue weighted by Crippen LogP contribution is -2.43. The molecule has 4 heteroatoms. The van der Waals surface area contributed by atoms with E-state index in [2.05, 4.69) is 11.9 Å². The second kappa shape index (κ2) is 3.20. The Balaban J connectivity index is 2.28. The summed E-state index contributed by atoms with van der Waals surface area (Å²) in [5.74, 6) is -1.10. The first-order valence-electron chi connectivity index (χ1n) is 5.42. The molecule has 1 aromatic carbocycles. The number of amides is 1. The zero-order chi connectivity index (χ0) is 12.0. The molecule has 3 rings (SSSR count). The summed E-state index contributed by atoms with van der Waals surface area (Å²) in [6.07, 6.45) is 1.62. The molecule has 0 unspecified atom stereocenters. The number of benzene rings is 1. The van der Waals surface area contributed by atoms with E-state index in [1.165, 1.54) is 0 Å². The van der Waals surface area contributed by atoms with Gasteiger partial charge in [-0.3, -0.25) is 9.59 Å². The molecule has 0 aromatic heterocycles. The van der Waals surface area contributed by atoms with Crippen molar-refractivity contribution in [3.05, 3.63) is 42.5 Å². The lowest BCUT2D eigenvalue weighted by atomic mass is 9.73. The molecule has 2 heterocycles. The van der Waals surface area contributed by atoms with Crippen LogP contribution in [0.1, 0.15) is 5.56 Å². The van der Waals surface area contributed by atoms with Gasteiger partial charge in [0.2, 0.25) is 5.91 Å². The van der Waals surface area contributed by atoms with Gasteiger partial charge in [0.1, 0.15) is 0 Å². The molecule has 0 aliphatic carbocycles. The number of hydrogen-bond donors (Lipinski definition) is 1. The number of fused-ring (bicyclic) bond motifs is 2. The van der Waals surface area contributed by atoms with E-state index in [-0.39, 0.29) is 18.4 Å². The normalized spacial score (nSPS) is 30.0. The molecule has 1 amide bonds. The third-order valence-corrected chi connectivity index (χ3v) is 3.51. The summed E-state index contributed by atoms with van der Waals surface area (Å²) in [7, 11) is 0. The van der Waals surface area contributed by atoms with Crippen LogP contribution in [0.2, 0.25) is 0 Å². The summed E-state index contributed by atoms with van der Waals surface area (Å²) in [5, 5.41) is 2.74. The minimum atomic E-state index is -1.22. The summed E-state index contributed by atoms with van der Waals surface area (Å²) >= 11 is 0. The largest absolute Gasteiger partial charge is 0.464 e. The van der Waals surface area contributed by atoms with Crippen LogP contribution in [0.3, 0.4) is 0 Å². The number of cyclic esters (lactones) is 1. The number of carbonyl (C=O) groups is 2. The second-order valence-corrected chi connectivity index (χ2v) is 4.25. The van der Waals surface area contributed by atoms with E-state index in [9.17, 15) is 9.59 Å². The van der Waals surface area contributed by atoms with Gasteiger partial charge >= 0.3 is 5.97 Å². The molecule has 4 nitrogen and oxygen atoms in total. The smallest absolute Gasteiger partial charge is 0.327 e. The third kappa shape index (κ3) is 1.02. The van der Waals surface area contributed by atoms with Gasteiger partial charge in [-0.2, -0.15) is 0 Å². The van der Waals surface area contributed by atoms with Crippen LogP contribution in [0.25, 0.3) is 0 Å². The number of anilines is 1. The van der Waals surface area contributed by atoms with Gasteiger partial charge in [0, 0.05) is 17.2 Å². The molecule has 1 spiro atoms. The Labute approximate surface area is 98.3 Å². The van der Waals surface area contributed by atoms with Crippen LogP contribution in [0.15, 0.2) is 36.9 Å². The van der Waals surface area contributed by atoms with Crippen molar-refractivity contribution in [2.45, 2.75) is 5.41 Å². The highest BCUT2D eigenvalue weighted by Gasteiger charge is 2.62. The number of ether oxygens (including phenoxy) is 1. The van der Waals surface area contributed by atoms with Crippen LogP contribution in [0, 0.1) is 5.92 Å². The molecule has 86 valence electrons. The Morgan fingerprint density at radius 3 is 2.94 bits per heavy atom. The molecule has 2 atom stereocenters. The average Bonchev–Trinajstić information content (AvgIpc) is 2.82. The van der Waals surface area contributed by atoms with Crippen molar-refractivity contribution in [2.75, 3.05) is 11.9 Å². The van der Waals surface area contributed by atoms with Gasteiger partial charge < -0.3 is 10.1 Å². The van der Waals surface area contributed by atoms with Crippen molar-refractivity contribution in [2.24, 2.45) is 5.92 Å². The highest BCUT2D eigenvalue weighted by atomic mass is 16.5. The molecule has 1 fully saturated rings. The lowest BCUT2D eigenvalue weighted by Gasteiger charge is -2.21. The standard InChI is InChI=1S/C13H11NO3/c1-2-8-7-17-12(16)13(8)9-5-3-4-6-10(9)14-11(13)15/h2-6,8H,1,7H2,(H,14,15)/t8-,13+/m1/s1. The minimum Gasteiger partial charge on any atom is -0.464 e. The highest BCUT2D eigenvalue weighted by molar-refractivity contribution is 6.20. The summed E-state index contributed by atoms with van der Waals surface area (Å²) in [4.78, 5) is 24.2. The molecular weight excluding hydrogens is 218 g/mol. The lowest BCUT2D eigenvalue weighted by molar-refractivity contribution is -0.145. The zero-order valence-corrected chi connectivity index (χ0v) is 9.10. The first kappa shape index (κ1) is 10.1. The van der Waals surface area contributed by atoms with Gasteiger partial charge in [-0.25, -0.2) is 0 Å². The topological polar surface area (TPSA) is 55.4 Å². The summed E-state index contributed by atoms with van der Waals surface area (Å²) < 4.78 is 5.05. The van der Waals surface area contributed by atoms with Gasteiger partial charge in [-0.05, 0) is 6.07 Å². The molecule has 17 heavy (non-hydrogen) atoms. The summed E-state index contributed by atoms with van der Waals surface area (Å²) in [6.45, 7) is 3.90. The predicted molar refractivity (Wildman–Crippen MR) is 61.4 cm³/mol. The number of nitrogens with one attached hydrogen (secondary N) is 1. The second-order valence-electron chi connectivity index (χ2n) is 4.25. The number of hydrogen-bond acceptors (Lipinski definition) is 3. The Kier molecular flexibility index (Phi) is 1.90.